The minimum absolute atomic E-state index is 0.250. The molecule has 0 saturated carbocycles. The molecule has 10 aromatic carbocycles. The lowest BCUT2D eigenvalue weighted by Gasteiger charge is -2.15. The van der Waals surface area contributed by atoms with Crippen LogP contribution >= 0.6 is 0 Å². The maximum Gasteiger partial charge on any atom is 0.320 e. The molecule has 612 valence electrons. The molecule has 0 heterocycles. The number of benzene rings is 10. The lowest BCUT2D eigenvalue weighted by atomic mass is 9.63. The Balaban J connectivity index is 0.000000228. The van der Waals surface area contributed by atoms with Crippen LogP contribution in [0.1, 0.15) is 113 Å². The summed E-state index contributed by atoms with van der Waals surface area (Å²) >= 11 is 0. The summed E-state index contributed by atoms with van der Waals surface area (Å²) in [4.78, 5) is 8.31. The summed E-state index contributed by atoms with van der Waals surface area (Å²) < 4.78 is 40.3. The van der Waals surface area contributed by atoms with E-state index in [1.54, 1.807) is 59.7 Å². The van der Waals surface area contributed by atoms with E-state index < -0.39 is 34.6 Å². The van der Waals surface area contributed by atoms with Gasteiger partial charge in [-0.3, -0.25) is 0 Å². The molecule has 5 N–H and O–H groups in total. The minimum Gasteiger partial charge on any atom is -0.497 e. The van der Waals surface area contributed by atoms with Crippen LogP contribution in [-0.2, 0) is 0 Å². The Morgan fingerprint density at radius 3 is 0.940 bits per heavy atom. The van der Waals surface area contributed by atoms with Crippen molar-refractivity contribution in [2.75, 3.05) is 113 Å². The van der Waals surface area contributed by atoms with Gasteiger partial charge >= 0.3 is 34.6 Å². The molecule has 0 aromatic heterocycles. The molecular weight excluding hydrogens is 1450 g/mol. The Labute approximate surface area is 700 Å². The number of methoxy groups -OCH3 is 2. The van der Waals surface area contributed by atoms with Crippen molar-refractivity contribution in [1.82, 2.24) is 9.80 Å². The largest absolute Gasteiger partial charge is 0.497 e. The molecule has 0 atom stereocenters. The molecule has 10 aromatic rings. The molecule has 0 saturated heterocycles. The number of nitrogens with zero attached hydrogens (tertiary/aromatic N) is 4. The summed E-state index contributed by atoms with van der Waals surface area (Å²) in [5.41, 5.74) is 19.9. The molecule has 10 rings (SSSR count). The van der Waals surface area contributed by atoms with Crippen LogP contribution in [-0.4, -0.2) is 173 Å². The van der Waals surface area contributed by atoms with Crippen molar-refractivity contribution >= 4 is 134 Å². The van der Waals surface area contributed by atoms with Crippen LogP contribution in [0.4, 0.5) is 15.8 Å². The van der Waals surface area contributed by atoms with Gasteiger partial charge in [-0.2, -0.15) is 0 Å². The fourth-order valence-corrected chi connectivity index (χ4v) is 11.5. The smallest absolute Gasteiger partial charge is 0.320 e. The van der Waals surface area contributed by atoms with Crippen LogP contribution in [0.15, 0.2) is 212 Å². The van der Waals surface area contributed by atoms with Gasteiger partial charge in [-0.1, -0.05) is 238 Å². The SMILES string of the molecule is CB(O)c1cc(/C=C/c2ccc(C(C)C)cc2)cc(C(C)C)c1.CB(O)c1cc(/C=C/c2ccc(N(C)C)cc2)cc(N(C)C)c1.CB(O)c1cc(/C=C/c2ccc(OCCN(C)C)cc2)cc(OCCN(C)C)c1.CCOc1ccc(/C=C/c2cc(OC)cc(B(C)O)c2)cc1.COc1cc(/C=C/c2ccc(F)cc2)cc(B(C)O)c1. The van der Waals surface area contributed by atoms with Gasteiger partial charge in [-0.15, -0.1) is 0 Å². The van der Waals surface area contributed by atoms with E-state index in [0.717, 1.165) is 119 Å². The second kappa shape index (κ2) is 49.5. The number of anilines is 2. The van der Waals surface area contributed by atoms with Crippen LogP contribution in [0, 0.1) is 5.82 Å². The van der Waals surface area contributed by atoms with Gasteiger partial charge < -0.3 is 68.4 Å². The average Bonchev–Trinajstić information content (AvgIpc) is 0.868. The lowest BCUT2D eigenvalue weighted by Crippen LogP contribution is -2.27. The summed E-state index contributed by atoms with van der Waals surface area (Å²) in [6.45, 7) is 20.7. The second-order valence-corrected chi connectivity index (χ2v) is 30.5. The van der Waals surface area contributed by atoms with Gasteiger partial charge in [0.15, 0.2) is 0 Å². The average molecular weight is 1580 g/mol. The van der Waals surface area contributed by atoms with Crippen LogP contribution in [0.25, 0.3) is 60.8 Å². The topological polar surface area (TPSA) is 160 Å². The van der Waals surface area contributed by atoms with E-state index in [1.165, 1.54) is 34.5 Å². The van der Waals surface area contributed by atoms with E-state index in [1.807, 2.05) is 216 Å². The van der Waals surface area contributed by atoms with Crippen LogP contribution in [0.3, 0.4) is 0 Å². The zero-order chi connectivity index (χ0) is 85.7. The van der Waals surface area contributed by atoms with Crippen molar-refractivity contribution in [1.29, 1.82) is 0 Å². The molecule has 0 unspecified atom stereocenters. The van der Waals surface area contributed by atoms with E-state index in [-0.39, 0.29) is 5.82 Å². The Bertz CT molecular complexity index is 4590. The second-order valence-electron chi connectivity index (χ2n) is 30.5. The number of ether oxygens (including phenoxy) is 5. The fourth-order valence-electron chi connectivity index (χ4n) is 11.5. The number of hydrogen-bond donors (Lipinski definition) is 5. The predicted octanol–water partition coefficient (Wildman–Crippen LogP) is 16.2. The number of rotatable bonds is 31. The third-order valence-corrected chi connectivity index (χ3v) is 18.8. The number of halogens is 1. The lowest BCUT2D eigenvalue weighted by molar-refractivity contribution is 0.261. The molecule has 0 radical (unpaired) electrons. The minimum atomic E-state index is -0.553. The highest BCUT2D eigenvalue weighted by Crippen LogP contribution is 2.25. The summed E-state index contributed by atoms with van der Waals surface area (Å²) in [5.74, 6) is 4.71. The first-order valence-electron chi connectivity index (χ1n) is 40.1. The molecular formula is C97H122B5FN4O10. The molecule has 0 fully saturated rings. The fraction of sp³-hybridized carbons (Fsp3) is 0.278. The highest BCUT2D eigenvalue weighted by molar-refractivity contribution is 6.66. The van der Waals surface area contributed by atoms with Crippen LogP contribution in [0.2, 0.25) is 34.1 Å². The predicted molar refractivity (Wildman–Crippen MR) is 506 cm³/mol. The Kier molecular flexibility index (Phi) is 40.3. The van der Waals surface area contributed by atoms with Crippen LogP contribution < -0.4 is 60.8 Å². The van der Waals surface area contributed by atoms with Gasteiger partial charge in [0, 0.05) is 52.7 Å². The normalized spacial score (nSPS) is 11.1. The van der Waals surface area contributed by atoms with Crippen molar-refractivity contribution in [3.8, 4) is 28.7 Å². The van der Waals surface area contributed by atoms with E-state index in [9.17, 15) is 29.5 Å². The van der Waals surface area contributed by atoms with Crippen molar-refractivity contribution in [3.05, 3.63) is 285 Å². The summed E-state index contributed by atoms with van der Waals surface area (Å²) in [7, 11) is 19.4. The van der Waals surface area contributed by atoms with Crippen molar-refractivity contribution in [3.63, 3.8) is 0 Å². The number of hydrogen-bond acceptors (Lipinski definition) is 14. The van der Waals surface area contributed by atoms with Gasteiger partial charge in [0.25, 0.3) is 0 Å². The highest BCUT2D eigenvalue weighted by atomic mass is 19.1. The maximum absolute atomic E-state index is 12.8. The van der Waals surface area contributed by atoms with Crippen molar-refractivity contribution in [2.45, 2.75) is 80.6 Å². The monoisotopic (exact) mass is 1580 g/mol. The van der Waals surface area contributed by atoms with E-state index in [4.69, 9.17) is 23.7 Å². The van der Waals surface area contributed by atoms with Crippen molar-refractivity contribution in [2.24, 2.45) is 0 Å². The van der Waals surface area contributed by atoms with Crippen molar-refractivity contribution < 1.29 is 53.2 Å². The molecule has 0 aliphatic carbocycles. The maximum atomic E-state index is 12.8. The zero-order valence-electron chi connectivity index (χ0n) is 72.5. The molecule has 0 spiro atoms. The summed E-state index contributed by atoms with van der Waals surface area (Å²) in [5, 5.41) is 49.2. The molecule has 117 heavy (non-hydrogen) atoms. The first-order chi connectivity index (χ1) is 55.8. The standard InChI is InChI=1S/C23H33BN2O3.C21H27BO.C19H25BN2O.C18H21BO3.C16H16BFO2/c1-24(27)21-16-20(17-23(18-21)29-15-13-26(4)5)7-6-19-8-10-22(11-9-19)28-14-12-25(2)3;1-15(2)19-10-8-17(9-11-19)6-7-18-12-20(16(3)4)14-21(13-18)22(5)23;1-20(23)17-12-16(13-19(14-17)22(4)5)7-6-15-8-10-18(11-9-15)21(2)3;1-4-22-17-9-7-14(8-10-17)5-6-15-11-16(19(2)20)13-18(12-15)21-3;1-17(19)14-9-13(10-16(11-14)20-2)4-3-12-5-7-15(18)8-6-12/h6-11,16-18,27H,12-15H2,1-5H3;6-16,23H,1-5H3;6-14,23H,1-5H3;5-13,20H,4H2,1-3H3;3-11,19H,1-2H3/b3*7-6+;6-5+;4-3+. The van der Waals surface area contributed by atoms with Gasteiger partial charge in [0.1, 0.15) is 47.8 Å². The molecule has 0 aliphatic heterocycles. The van der Waals surface area contributed by atoms with Gasteiger partial charge in [0.2, 0.25) is 0 Å². The van der Waals surface area contributed by atoms with Gasteiger partial charge in [-0.05, 0) is 238 Å². The number of likely N-dealkylation sites (N-methyl/N-ethyl adjacent to an activating group) is 2. The van der Waals surface area contributed by atoms with Gasteiger partial charge in [-0.25, -0.2) is 4.39 Å². The highest BCUT2D eigenvalue weighted by Gasteiger charge is 2.15. The summed E-state index contributed by atoms with van der Waals surface area (Å²) in [6, 6.07) is 69.1. The first-order valence-corrected chi connectivity index (χ1v) is 40.1. The van der Waals surface area contributed by atoms with E-state index in [2.05, 4.69) is 144 Å². The summed E-state index contributed by atoms with van der Waals surface area (Å²) in [6.07, 6.45) is 20.4. The molecule has 0 amide bonds. The molecule has 0 bridgehead atoms. The Hall–Kier alpha value is -10.5. The first kappa shape index (κ1) is 95.3. The molecule has 0 aliphatic rings. The molecule has 20 heteroatoms. The van der Waals surface area contributed by atoms with Crippen LogP contribution in [0.5, 0.6) is 28.7 Å². The third kappa shape index (κ3) is 35.1. The Morgan fingerprint density at radius 2 is 0.598 bits per heavy atom. The molecule has 14 nitrogen and oxygen atoms in total. The zero-order valence-corrected chi connectivity index (χ0v) is 72.5. The Morgan fingerprint density at radius 1 is 0.308 bits per heavy atom. The van der Waals surface area contributed by atoms with E-state index in [0.29, 0.717) is 37.4 Å². The van der Waals surface area contributed by atoms with Gasteiger partial charge in [0.05, 0.1) is 20.8 Å². The third-order valence-electron chi connectivity index (χ3n) is 18.8. The quantitative estimate of drug-likeness (QED) is 0.0206. The van der Waals surface area contributed by atoms with E-state index >= 15 is 0 Å².